The third-order valence-electron chi connectivity index (χ3n) is 1.85. The number of hydrogen-bond donors (Lipinski definition) is 0. The predicted molar refractivity (Wildman–Crippen MR) is 46.4 cm³/mol. The maximum absolute atomic E-state index is 12.3. The first-order valence-electron chi connectivity index (χ1n) is 3.70. The molecule has 14 heavy (non-hydrogen) atoms. The highest BCUT2D eigenvalue weighted by Gasteiger charge is 2.33. The fourth-order valence-corrected chi connectivity index (χ4v) is 1.36. The summed E-state index contributed by atoms with van der Waals surface area (Å²) < 4.78 is 37.0. The van der Waals surface area contributed by atoms with Crippen LogP contribution in [0.25, 0.3) is 0 Å². The number of carbonyl (C=O) groups is 1. The Labute approximate surface area is 83.5 Å². The fourth-order valence-electron chi connectivity index (χ4n) is 1.16. The molecule has 0 aliphatic rings. The van der Waals surface area contributed by atoms with Gasteiger partial charge in [-0.25, -0.2) is 0 Å². The normalized spacial score (nSPS) is 11.5. The molecular weight excluding hydrogens is 217 g/mol. The summed E-state index contributed by atoms with van der Waals surface area (Å²) in [6.07, 6.45) is -4.45. The third kappa shape index (κ3) is 2.07. The molecule has 0 heterocycles. The van der Waals surface area contributed by atoms with Crippen LogP contribution in [0.4, 0.5) is 13.2 Å². The second kappa shape index (κ2) is 3.61. The first-order valence-corrected chi connectivity index (χ1v) is 4.08. The summed E-state index contributed by atoms with van der Waals surface area (Å²) in [5.41, 5.74) is -1.08. The molecule has 76 valence electrons. The molecule has 0 unspecified atom stereocenters. The minimum Gasteiger partial charge on any atom is -0.276 e. The van der Waals surface area contributed by atoms with E-state index in [2.05, 4.69) is 0 Å². The molecule has 0 aliphatic carbocycles. The van der Waals surface area contributed by atoms with Crippen LogP contribution in [0.1, 0.15) is 21.5 Å². The van der Waals surface area contributed by atoms with E-state index in [1.165, 1.54) is 13.0 Å². The molecule has 0 saturated carbocycles. The largest absolute Gasteiger partial charge is 0.416 e. The summed E-state index contributed by atoms with van der Waals surface area (Å²) in [4.78, 5) is 10.7. The van der Waals surface area contributed by atoms with Gasteiger partial charge < -0.3 is 0 Å². The van der Waals surface area contributed by atoms with Crippen LogP contribution >= 0.6 is 11.6 Å². The van der Waals surface area contributed by atoms with Crippen LogP contribution in [0.15, 0.2) is 18.2 Å². The molecule has 1 aromatic rings. The summed E-state index contributed by atoms with van der Waals surface area (Å²) >= 11 is 5.12. The Hall–Kier alpha value is -1.03. The van der Waals surface area contributed by atoms with Crippen molar-refractivity contribution in [3.8, 4) is 0 Å². The van der Waals surface area contributed by atoms with Crippen LogP contribution in [-0.2, 0) is 6.18 Å². The Balaban J connectivity index is 3.35. The van der Waals surface area contributed by atoms with Crippen LogP contribution in [0.5, 0.6) is 0 Å². The van der Waals surface area contributed by atoms with Crippen LogP contribution in [0, 0.1) is 6.92 Å². The Morgan fingerprint density at radius 1 is 1.36 bits per heavy atom. The van der Waals surface area contributed by atoms with Crippen molar-refractivity contribution in [1.29, 1.82) is 0 Å². The van der Waals surface area contributed by atoms with Gasteiger partial charge in [-0.3, -0.25) is 4.79 Å². The van der Waals surface area contributed by atoms with Crippen molar-refractivity contribution < 1.29 is 18.0 Å². The highest BCUT2D eigenvalue weighted by Crippen LogP contribution is 2.33. The van der Waals surface area contributed by atoms with Gasteiger partial charge in [-0.05, 0) is 36.2 Å². The van der Waals surface area contributed by atoms with Gasteiger partial charge in [0.05, 0.1) is 5.56 Å². The fraction of sp³-hybridized carbons (Fsp3) is 0.222. The SMILES string of the molecule is Cc1c(C(=O)Cl)cccc1C(F)(F)F. The smallest absolute Gasteiger partial charge is 0.276 e. The number of rotatable bonds is 1. The minimum atomic E-state index is -4.45. The minimum absolute atomic E-state index is 0.110. The zero-order valence-electron chi connectivity index (χ0n) is 7.15. The van der Waals surface area contributed by atoms with E-state index in [-0.39, 0.29) is 11.1 Å². The molecule has 0 N–H and O–H groups in total. The number of alkyl halides is 3. The lowest BCUT2D eigenvalue weighted by molar-refractivity contribution is -0.138. The van der Waals surface area contributed by atoms with Gasteiger partial charge >= 0.3 is 6.18 Å². The molecule has 0 aromatic heterocycles. The third-order valence-corrected chi connectivity index (χ3v) is 2.05. The van der Waals surface area contributed by atoms with E-state index < -0.39 is 17.0 Å². The molecule has 5 heteroatoms. The molecule has 0 amide bonds. The van der Waals surface area contributed by atoms with Crippen LogP contribution in [-0.4, -0.2) is 5.24 Å². The molecule has 0 spiro atoms. The molecule has 1 aromatic carbocycles. The van der Waals surface area contributed by atoms with Gasteiger partial charge in [-0.1, -0.05) is 6.07 Å². The van der Waals surface area contributed by atoms with Crippen molar-refractivity contribution >= 4 is 16.8 Å². The van der Waals surface area contributed by atoms with E-state index in [9.17, 15) is 18.0 Å². The average Bonchev–Trinajstić information content (AvgIpc) is 2.01. The first-order chi connectivity index (χ1) is 6.34. The van der Waals surface area contributed by atoms with E-state index in [0.717, 1.165) is 12.1 Å². The standard InChI is InChI=1S/C9H6ClF3O/c1-5-6(8(10)14)3-2-4-7(5)9(11,12)13/h2-4H,1H3. The second-order valence-electron chi connectivity index (χ2n) is 2.75. The zero-order valence-corrected chi connectivity index (χ0v) is 7.91. The number of hydrogen-bond acceptors (Lipinski definition) is 1. The van der Waals surface area contributed by atoms with Crippen molar-refractivity contribution in [2.24, 2.45) is 0 Å². The van der Waals surface area contributed by atoms with Gasteiger partial charge in [0.1, 0.15) is 0 Å². The maximum Gasteiger partial charge on any atom is 0.416 e. The summed E-state index contributed by atoms with van der Waals surface area (Å²) in [5, 5.41) is -0.881. The Kier molecular flexibility index (Phi) is 2.85. The summed E-state index contributed by atoms with van der Waals surface area (Å²) in [5.74, 6) is 0. The summed E-state index contributed by atoms with van der Waals surface area (Å²) in [7, 11) is 0. The van der Waals surface area contributed by atoms with Crippen LogP contribution < -0.4 is 0 Å². The molecular formula is C9H6ClF3O. The van der Waals surface area contributed by atoms with E-state index in [1.54, 1.807) is 0 Å². The lowest BCUT2D eigenvalue weighted by atomic mass is 10.0. The van der Waals surface area contributed by atoms with Crippen molar-refractivity contribution in [1.82, 2.24) is 0 Å². The van der Waals surface area contributed by atoms with E-state index in [1.807, 2.05) is 0 Å². The molecule has 0 atom stereocenters. The lowest BCUT2D eigenvalue weighted by Gasteiger charge is -2.11. The van der Waals surface area contributed by atoms with E-state index >= 15 is 0 Å². The maximum atomic E-state index is 12.3. The molecule has 0 aliphatic heterocycles. The Morgan fingerprint density at radius 3 is 2.36 bits per heavy atom. The van der Waals surface area contributed by atoms with Crippen molar-refractivity contribution in [2.75, 3.05) is 0 Å². The molecule has 1 nitrogen and oxygen atoms in total. The first kappa shape index (κ1) is 11.0. The Morgan fingerprint density at radius 2 is 1.93 bits per heavy atom. The van der Waals surface area contributed by atoms with Crippen molar-refractivity contribution in [3.63, 3.8) is 0 Å². The van der Waals surface area contributed by atoms with Crippen LogP contribution in [0.3, 0.4) is 0 Å². The molecule has 0 saturated heterocycles. The van der Waals surface area contributed by atoms with Gasteiger partial charge in [0.15, 0.2) is 0 Å². The zero-order chi connectivity index (χ0) is 10.9. The summed E-state index contributed by atoms with van der Waals surface area (Å²) in [6.45, 7) is 1.22. The van der Waals surface area contributed by atoms with Crippen LogP contribution in [0.2, 0.25) is 0 Å². The topological polar surface area (TPSA) is 17.1 Å². The van der Waals surface area contributed by atoms with E-state index in [0.29, 0.717) is 0 Å². The van der Waals surface area contributed by atoms with Crippen molar-refractivity contribution in [3.05, 3.63) is 34.9 Å². The lowest BCUT2D eigenvalue weighted by Crippen LogP contribution is -2.09. The highest BCUT2D eigenvalue weighted by atomic mass is 35.5. The van der Waals surface area contributed by atoms with Crippen molar-refractivity contribution in [2.45, 2.75) is 13.1 Å². The number of carbonyl (C=O) groups excluding carboxylic acids is 1. The number of benzene rings is 1. The van der Waals surface area contributed by atoms with Gasteiger partial charge in [0.25, 0.3) is 5.24 Å². The van der Waals surface area contributed by atoms with Gasteiger partial charge in [0, 0.05) is 5.56 Å². The molecule has 0 bridgehead atoms. The van der Waals surface area contributed by atoms with Gasteiger partial charge in [-0.2, -0.15) is 13.2 Å². The van der Waals surface area contributed by atoms with E-state index in [4.69, 9.17) is 11.6 Å². The molecule has 1 rings (SSSR count). The quantitative estimate of drug-likeness (QED) is 0.666. The number of halogens is 4. The highest BCUT2D eigenvalue weighted by molar-refractivity contribution is 6.67. The second-order valence-corrected chi connectivity index (χ2v) is 3.09. The average molecular weight is 223 g/mol. The monoisotopic (exact) mass is 222 g/mol. The molecule has 0 fully saturated rings. The van der Waals surface area contributed by atoms with Gasteiger partial charge in [-0.15, -0.1) is 0 Å². The Bertz CT molecular complexity index is 371. The van der Waals surface area contributed by atoms with Gasteiger partial charge in [0.2, 0.25) is 0 Å². The molecule has 0 radical (unpaired) electrons. The predicted octanol–water partition coefficient (Wildman–Crippen LogP) is 3.39. The summed E-state index contributed by atoms with van der Waals surface area (Å²) in [6, 6.07) is 3.34.